The Kier molecular flexibility index (Phi) is 6.22. The zero-order valence-electron chi connectivity index (χ0n) is 18.1. The van der Waals surface area contributed by atoms with Crippen LogP contribution >= 0.6 is 0 Å². The first-order valence-corrected chi connectivity index (χ1v) is 10.4. The van der Waals surface area contributed by atoms with Gasteiger partial charge in [-0.1, -0.05) is 71.9 Å². The molecular weight excluding hydrogens is 420 g/mol. The molecule has 0 bridgehead atoms. The van der Waals surface area contributed by atoms with E-state index in [1.165, 1.54) is 0 Å². The Labute approximate surface area is 190 Å². The molecular formula is C26H22N2O5. The van der Waals surface area contributed by atoms with E-state index in [0.717, 1.165) is 22.3 Å². The lowest BCUT2D eigenvalue weighted by Crippen LogP contribution is -2.16. The molecule has 7 nitrogen and oxygen atoms in total. The number of aromatic nitrogens is 1. The lowest BCUT2D eigenvalue weighted by atomic mass is 10.0. The first-order chi connectivity index (χ1) is 15.9. The highest BCUT2D eigenvalue weighted by Crippen LogP contribution is 2.33. The average Bonchev–Trinajstić information content (AvgIpc) is 3.19. The molecule has 3 aromatic carbocycles. The van der Waals surface area contributed by atoms with E-state index in [2.05, 4.69) is 10.5 Å². The third kappa shape index (κ3) is 4.93. The average molecular weight is 442 g/mol. The summed E-state index contributed by atoms with van der Waals surface area (Å²) in [6.45, 7) is 3.54. The predicted octanol–water partition coefficient (Wildman–Crippen LogP) is 6.32. The number of anilines is 1. The van der Waals surface area contributed by atoms with Crippen LogP contribution < -0.4 is 5.32 Å². The summed E-state index contributed by atoms with van der Waals surface area (Å²) >= 11 is 0. The summed E-state index contributed by atoms with van der Waals surface area (Å²) in [7, 11) is 0. The van der Waals surface area contributed by atoms with Crippen molar-refractivity contribution in [3.63, 3.8) is 0 Å². The van der Waals surface area contributed by atoms with E-state index in [4.69, 9.17) is 14.4 Å². The van der Waals surface area contributed by atoms with Crippen molar-refractivity contribution in [1.29, 1.82) is 0 Å². The lowest BCUT2D eigenvalue weighted by molar-refractivity contribution is 0.0696. The number of nitrogens with one attached hydrogen (secondary N) is 1. The minimum atomic E-state index is -0.964. The van der Waals surface area contributed by atoms with Crippen molar-refractivity contribution >= 4 is 17.7 Å². The Hall–Kier alpha value is -4.39. The van der Waals surface area contributed by atoms with Crippen molar-refractivity contribution in [2.75, 3.05) is 5.32 Å². The highest BCUT2D eigenvalue weighted by atomic mass is 16.6. The van der Waals surface area contributed by atoms with E-state index in [-0.39, 0.29) is 5.56 Å². The molecule has 1 amide bonds. The largest absolute Gasteiger partial charge is 0.478 e. The van der Waals surface area contributed by atoms with Gasteiger partial charge in [0.05, 0.1) is 5.56 Å². The van der Waals surface area contributed by atoms with Crippen LogP contribution in [-0.4, -0.2) is 22.3 Å². The van der Waals surface area contributed by atoms with Gasteiger partial charge in [-0.25, -0.2) is 9.59 Å². The molecule has 33 heavy (non-hydrogen) atoms. The molecule has 0 fully saturated rings. The second-order valence-corrected chi connectivity index (χ2v) is 7.52. The van der Waals surface area contributed by atoms with Crippen LogP contribution in [0, 0.1) is 6.92 Å². The zero-order valence-corrected chi connectivity index (χ0v) is 18.1. The van der Waals surface area contributed by atoms with Gasteiger partial charge < -0.3 is 14.4 Å². The first-order valence-electron chi connectivity index (χ1n) is 10.4. The minimum Gasteiger partial charge on any atom is -0.478 e. The molecule has 0 unspecified atom stereocenters. The molecule has 1 heterocycles. The van der Waals surface area contributed by atoms with Crippen LogP contribution in [-0.2, 0) is 4.74 Å². The molecule has 166 valence electrons. The molecule has 0 aliphatic rings. The number of nitrogens with zero attached hydrogens (tertiary/aromatic N) is 1. The summed E-state index contributed by atoms with van der Waals surface area (Å²) in [4.78, 5) is 23.5. The third-order valence-electron chi connectivity index (χ3n) is 5.25. The van der Waals surface area contributed by atoms with Crippen molar-refractivity contribution in [3.8, 4) is 22.5 Å². The number of hydrogen-bond acceptors (Lipinski definition) is 5. The van der Waals surface area contributed by atoms with Gasteiger partial charge >= 0.3 is 12.1 Å². The van der Waals surface area contributed by atoms with Crippen LogP contribution in [0.2, 0.25) is 0 Å². The van der Waals surface area contributed by atoms with Crippen molar-refractivity contribution in [3.05, 3.63) is 95.7 Å². The molecule has 4 rings (SSSR count). The number of ether oxygens (including phenoxy) is 1. The highest BCUT2D eigenvalue weighted by Gasteiger charge is 2.20. The number of amides is 1. The van der Waals surface area contributed by atoms with Gasteiger partial charge in [0.15, 0.2) is 5.76 Å². The fourth-order valence-electron chi connectivity index (χ4n) is 3.42. The number of benzene rings is 3. The van der Waals surface area contributed by atoms with Gasteiger partial charge in [-0.15, -0.1) is 0 Å². The number of aromatic carboxylic acids is 1. The molecule has 0 aliphatic carbocycles. The van der Waals surface area contributed by atoms with E-state index in [1.54, 1.807) is 38.1 Å². The SMILES string of the molecule is Cc1noc(-c2ccc(-c3ccc(C(=O)O)cc3)cc2)c1NC(=O)O[C@H](C)c1ccccc1. The van der Waals surface area contributed by atoms with Crippen molar-refractivity contribution in [2.24, 2.45) is 0 Å². The quantitative estimate of drug-likeness (QED) is 0.362. The topological polar surface area (TPSA) is 102 Å². The number of carbonyl (C=O) groups is 2. The fourth-order valence-corrected chi connectivity index (χ4v) is 3.42. The Morgan fingerprint density at radius 2 is 1.48 bits per heavy atom. The number of carboxylic acids is 1. The van der Waals surface area contributed by atoms with Crippen molar-refractivity contribution < 1.29 is 24.0 Å². The summed E-state index contributed by atoms with van der Waals surface area (Å²) < 4.78 is 11.0. The Morgan fingerprint density at radius 3 is 2.09 bits per heavy atom. The molecule has 2 N–H and O–H groups in total. The fraction of sp³-hybridized carbons (Fsp3) is 0.115. The Bertz CT molecular complexity index is 1260. The predicted molar refractivity (Wildman–Crippen MR) is 124 cm³/mol. The maximum atomic E-state index is 12.5. The summed E-state index contributed by atoms with van der Waals surface area (Å²) in [6.07, 6.45) is -1.02. The van der Waals surface area contributed by atoms with Gasteiger partial charge in [0.2, 0.25) is 0 Å². The van der Waals surface area contributed by atoms with E-state index in [9.17, 15) is 9.59 Å². The van der Waals surface area contributed by atoms with Gasteiger partial charge in [-0.2, -0.15) is 0 Å². The van der Waals surface area contributed by atoms with Crippen LogP contribution in [0.4, 0.5) is 10.5 Å². The van der Waals surface area contributed by atoms with Crippen LogP contribution in [0.25, 0.3) is 22.5 Å². The Balaban J connectivity index is 1.50. The van der Waals surface area contributed by atoms with Crippen LogP contribution in [0.5, 0.6) is 0 Å². The number of carboxylic acid groups (broad SMARTS) is 1. The van der Waals surface area contributed by atoms with E-state index < -0.39 is 18.2 Å². The maximum absolute atomic E-state index is 12.5. The van der Waals surface area contributed by atoms with Gasteiger partial charge in [0.25, 0.3) is 0 Å². The van der Waals surface area contributed by atoms with E-state index in [1.807, 2.05) is 54.6 Å². The number of rotatable bonds is 6. The van der Waals surface area contributed by atoms with Crippen LogP contribution in [0.1, 0.15) is 34.6 Å². The normalized spacial score (nSPS) is 11.6. The van der Waals surface area contributed by atoms with Gasteiger partial charge in [-0.05, 0) is 42.7 Å². The second kappa shape index (κ2) is 9.40. The maximum Gasteiger partial charge on any atom is 0.412 e. The molecule has 0 spiro atoms. The van der Waals surface area contributed by atoms with Crippen LogP contribution in [0.3, 0.4) is 0 Å². The minimum absolute atomic E-state index is 0.233. The van der Waals surface area contributed by atoms with Crippen molar-refractivity contribution in [1.82, 2.24) is 5.16 Å². The number of hydrogen-bond donors (Lipinski definition) is 2. The Morgan fingerprint density at radius 1 is 0.909 bits per heavy atom. The number of aryl methyl sites for hydroxylation is 1. The first kappa shape index (κ1) is 21.8. The van der Waals surface area contributed by atoms with Crippen molar-refractivity contribution in [2.45, 2.75) is 20.0 Å². The molecule has 1 aromatic heterocycles. The molecule has 0 radical (unpaired) electrons. The summed E-state index contributed by atoms with van der Waals surface area (Å²) in [5.41, 5.74) is 4.63. The molecule has 0 aliphatic heterocycles. The van der Waals surface area contributed by atoms with Gasteiger partial charge in [0, 0.05) is 5.56 Å². The molecule has 7 heteroatoms. The van der Waals surface area contributed by atoms with E-state index in [0.29, 0.717) is 17.1 Å². The molecule has 4 aromatic rings. The van der Waals surface area contributed by atoms with Gasteiger partial charge in [-0.3, -0.25) is 5.32 Å². The van der Waals surface area contributed by atoms with Gasteiger partial charge in [0.1, 0.15) is 17.5 Å². The molecule has 0 saturated carbocycles. The zero-order chi connectivity index (χ0) is 23.4. The number of carbonyl (C=O) groups excluding carboxylic acids is 1. The van der Waals surface area contributed by atoms with Crippen LogP contribution in [0.15, 0.2) is 83.4 Å². The summed E-state index contributed by atoms with van der Waals surface area (Å²) in [5.74, 6) is -0.543. The molecule has 0 saturated heterocycles. The standard InChI is InChI=1S/C26H22N2O5/c1-16-23(27-26(31)32-17(2)18-6-4-3-5-7-18)24(33-28-16)21-12-8-19(9-13-21)20-10-14-22(15-11-20)25(29)30/h3-15,17H,1-2H3,(H,27,31)(H,29,30)/t17-/m1/s1. The molecule has 1 atom stereocenters. The highest BCUT2D eigenvalue weighted by molar-refractivity contribution is 5.91. The third-order valence-corrected chi connectivity index (χ3v) is 5.25. The monoisotopic (exact) mass is 442 g/mol. The summed E-state index contributed by atoms with van der Waals surface area (Å²) in [6, 6.07) is 23.6. The van der Waals surface area contributed by atoms with E-state index >= 15 is 0 Å². The lowest BCUT2D eigenvalue weighted by Gasteiger charge is -2.14. The smallest absolute Gasteiger partial charge is 0.412 e. The summed E-state index contributed by atoms with van der Waals surface area (Å²) in [5, 5.41) is 15.8. The second-order valence-electron chi connectivity index (χ2n) is 7.52.